The van der Waals surface area contributed by atoms with Gasteiger partial charge in [-0.3, -0.25) is 10.1 Å². The van der Waals surface area contributed by atoms with Crippen LogP contribution >= 0.6 is 0 Å². The van der Waals surface area contributed by atoms with Crippen molar-refractivity contribution >= 4 is 11.4 Å². The van der Waals surface area contributed by atoms with Crippen molar-refractivity contribution < 1.29 is 9.66 Å². The van der Waals surface area contributed by atoms with Gasteiger partial charge in [0.25, 0.3) is 5.69 Å². The molecular formula is C15H23N3O3. The number of nitro groups is 1. The lowest BCUT2D eigenvalue weighted by atomic mass is 10.0. The minimum atomic E-state index is -0.364. The van der Waals surface area contributed by atoms with E-state index in [0.717, 1.165) is 32.5 Å². The van der Waals surface area contributed by atoms with Crippen molar-refractivity contribution in [2.24, 2.45) is 0 Å². The fourth-order valence-electron chi connectivity index (χ4n) is 2.75. The van der Waals surface area contributed by atoms with Crippen LogP contribution in [0.15, 0.2) is 18.2 Å². The van der Waals surface area contributed by atoms with E-state index in [2.05, 4.69) is 17.1 Å². The lowest BCUT2D eigenvalue weighted by Gasteiger charge is -2.32. The summed E-state index contributed by atoms with van der Waals surface area (Å²) in [5, 5.41) is 14.5. The van der Waals surface area contributed by atoms with Crippen LogP contribution in [-0.4, -0.2) is 42.6 Å². The van der Waals surface area contributed by atoms with Crippen molar-refractivity contribution in [3.05, 3.63) is 28.3 Å². The average Bonchev–Trinajstić information content (AvgIpc) is 2.49. The minimum Gasteiger partial charge on any atom is -0.496 e. The third-order valence-corrected chi connectivity index (χ3v) is 3.89. The van der Waals surface area contributed by atoms with Crippen molar-refractivity contribution in [3.8, 4) is 5.75 Å². The molecule has 0 radical (unpaired) electrons. The molecule has 1 saturated heterocycles. The van der Waals surface area contributed by atoms with Gasteiger partial charge >= 0.3 is 0 Å². The summed E-state index contributed by atoms with van der Waals surface area (Å²) in [6, 6.07) is 5.25. The molecule has 0 aliphatic carbocycles. The van der Waals surface area contributed by atoms with Gasteiger partial charge in [-0.1, -0.05) is 6.92 Å². The van der Waals surface area contributed by atoms with Gasteiger partial charge in [0.15, 0.2) is 0 Å². The number of hydrogen-bond acceptors (Lipinski definition) is 5. The molecule has 1 heterocycles. The van der Waals surface area contributed by atoms with Crippen molar-refractivity contribution in [1.29, 1.82) is 0 Å². The largest absolute Gasteiger partial charge is 0.496 e. The molecule has 21 heavy (non-hydrogen) atoms. The van der Waals surface area contributed by atoms with Crippen molar-refractivity contribution in [1.82, 2.24) is 4.90 Å². The van der Waals surface area contributed by atoms with Crippen molar-refractivity contribution in [2.45, 2.75) is 32.2 Å². The zero-order chi connectivity index (χ0) is 15.2. The molecule has 0 atom stereocenters. The molecule has 0 amide bonds. The molecule has 1 fully saturated rings. The van der Waals surface area contributed by atoms with Gasteiger partial charge in [-0.2, -0.15) is 0 Å². The van der Waals surface area contributed by atoms with Gasteiger partial charge in [0.05, 0.1) is 18.1 Å². The first kappa shape index (κ1) is 15.6. The van der Waals surface area contributed by atoms with Crippen LogP contribution in [0.1, 0.15) is 26.2 Å². The molecule has 0 spiro atoms. The number of nitro benzene ring substituents is 1. The Bertz CT molecular complexity index is 485. The molecule has 0 saturated carbocycles. The number of likely N-dealkylation sites (tertiary alicyclic amines) is 1. The third-order valence-electron chi connectivity index (χ3n) is 3.89. The molecule has 0 bridgehead atoms. The summed E-state index contributed by atoms with van der Waals surface area (Å²) >= 11 is 0. The predicted octanol–water partition coefficient (Wildman–Crippen LogP) is 2.89. The van der Waals surface area contributed by atoms with Crippen molar-refractivity contribution in [3.63, 3.8) is 0 Å². The third kappa shape index (κ3) is 4.07. The predicted molar refractivity (Wildman–Crippen MR) is 83.0 cm³/mol. The number of hydrogen-bond donors (Lipinski definition) is 1. The first-order valence-electron chi connectivity index (χ1n) is 7.45. The van der Waals surface area contributed by atoms with Gasteiger partial charge in [-0.15, -0.1) is 0 Å². The van der Waals surface area contributed by atoms with Crippen LogP contribution in [0, 0.1) is 10.1 Å². The van der Waals surface area contributed by atoms with Gasteiger partial charge in [0.2, 0.25) is 0 Å². The standard InChI is InChI=1S/C15H23N3O3/c1-3-8-17-9-6-12(7-10-17)16-14-5-4-13(21-2)11-15(14)18(19)20/h4-5,11-12,16H,3,6-10H2,1-2H3. The van der Waals surface area contributed by atoms with Crippen LogP contribution in [0.2, 0.25) is 0 Å². The second-order valence-electron chi connectivity index (χ2n) is 5.40. The molecule has 116 valence electrons. The van der Waals surface area contributed by atoms with E-state index in [-0.39, 0.29) is 10.6 Å². The summed E-state index contributed by atoms with van der Waals surface area (Å²) in [4.78, 5) is 13.3. The van der Waals surface area contributed by atoms with Crippen LogP contribution in [-0.2, 0) is 0 Å². The van der Waals surface area contributed by atoms with Gasteiger partial charge in [-0.05, 0) is 37.9 Å². The van der Waals surface area contributed by atoms with Crippen LogP contribution in [0.5, 0.6) is 5.75 Å². The quantitative estimate of drug-likeness (QED) is 0.645. The Balaban J connectivity index is 2.01. The molecule has 1 aromatic rings. The van der Waals surface area contributed by atoms with Gasteiger partial charge in [0.1, 0.15) is 11.4 Å². The molecule has 0 aromatic heterocycles. The van der Waals surface area contributed by atoms with E-state index >= 15 is 0 Å². The number of anilines is 1. The highest BCUT2D eigenvalue weighted by Crippen LogP contribution is 2.30. The van der Waals surface area contributed by atoms with Crippen LogP contribution in [0.4, 0.5) is 11.4 Å². The molecule has 1 aliphatic rings. The highest BCUT2D eigenvalue weighted by atomic mass is 16.6. The Labute approximate surface area is 125 Å². The zero-order valence-electron chi connectivity index (χ0n) is 12.7. The highest BCUT2D eigenvalue weighted by molar-refractivity contribution is 5.64. The van der Waals surface area contributed by atoms with E-state index in [4.69, 9.17) is 4.74 Å². The summed E-state index contributed by atoms with van der Waals surface area (Å²) in [5.74, 6) is 0.505. The van der Waals surface area contributed by atoms with E-state index in [1.54, 1.807) is 12.1 Å². The number of nitrogens with zero attached hydrogens (tertiary/aromatic N) is 2. The molecular weight excluding hydrogens is 270 g/mol. The summed E-state index contributed by atoms with van der Waals surface area (Å²) in [7, 11) is 1.51. The summed E-state index contributed by atoms with van der Waals surface area (Å²) in [6.45, 7) is 5.42. The zero-order valence-corrected chi connectivity index (χ0v) is 12.7. The Morgan fingerprint density at radius 1 is 1.43 bits per heavy atom. The van der Waals surface area contributed by atoms with Crippen LogP contribution < -0.4 is 10.1 Å². The lowest BCUT2D eigenvalue weighted by Crippen LogP contribution is -2.39. The summed E-state index contributed by atoms with van der Waals surface area (Å²) < 4.78 is 5.05. The number of rotatable bonds is 6. The smallest absolute Gasteiger partial charge is 0.296 e. The monoisotopic (exact) mass is 293 g/mol. The second kappa shape index (κ2) is 7.26. The fourth-order valence-corrected chi connectivity index (χ4v) is 2.75. The number of benzene rings is 1. The fraction of sp³-hybridized carbons (Fsp3) is 0.600. The van der Waals surface area contributed by atoms with Gasteiger partial charge in [0, 0.05) is 19.1 Å². The maximum absolute atomic E-state index is 11.2. The Morgan fingerprint density at radius 2 is 2.14 bits per heavy atom. The SMILES string of the molecule is CCCN1CCC(Nc2ccc(OC)cc2[N+](=O)[O-])CC1. The normalized spacial score (nSPS) is 16.7. The number of piperidine rings is 1. The minimum absolute atomic E-state index is 0.0744. The molecule has 0 unspecified atom stereocenters. The Kier molecular flexibility index (Phi) is 5.38. The summed E-state index contributed by atoms with van der Waals surface area (Å²) in [5.41, 5.74) is 0.653. The first-order valence-corrected chi connectivity index (χ1v) is 7.45. The molecule has 1 N–H and O–H groups in total. The Hall–Kier alpha value is -1.82. The number of methoxy groups -OCH3 is 1. The van der Waals surface area contributed by atoms with E-state index in [1.165, 1.54) is 19.6 Å². The first-order chi connectivity index (χ1) is 10.1. The lowest BCUT2D eigenvalue weighted by molar-refractivity contribution is -0.384. The van der Waals surface area contributed by atoms with Crippen molar-refractivity contribution in [2.75, 3.05) is 32.1 Å². The van der Waals surface area contributed by atoms with E-state index in [0.29, 0.717) is 17.5 Å². The summed E-state index contributed by atoms with van der Waals surface area (Å²) in [6.07, 6.45) is 3.20. The highest BCUT2D eigenvalue weighted by Gasteiger charge is 2.22. The van der Waals surface area contributed by atoms with Gasteiger partial charge < -0.3 is 15.0 Å². The van der Waals surface area contributed by atoms with Gasteiger partial charge in [-0.25, -0.2) is 0 Å². The molecule has 1 aliphatic heterocycles. The topological polar surface area (TPSA) is 67.6 Å². The Morgan fingerprint density at radius 3 is 2.71 bits per heavy atom. The average molecular weight is 293 g/mol. The van der Waals surface area contributed by atoms with E-state index < -0.39 is 0 Å². The number of ether oxygens (including phenoxy) is 1. The second-order valence-corrected chi connectivity index (χ2v) is 5.40. The molecule has 6 heteroatoms. The molecule has 6 nitrogen and oxygen atoms in total. The van der Waals surface area contributed by atoms with Crippen LogP contribution in [0.25, 0.3) is 0 Å². The van der Waals surface area contributed by atoms with E-state index in [1.807, 2.05) is 0 Å². The van der Waals surface area contributed by atoms with E-state index in [9.17, 15) is 10.1 Å². The maximum atomic E-state index is 11.2. The molecule has 2 rings (SSSR count). The molecule has 1 aromatic carbocycles. The maximum Gasteiger partial charge on any atom is 0.296 e. The van der Waals surface area contributed by atoms with Crippen LogP contribution in [0.3, 0.4) is 0 Å². The number of nitrogens with one attached hydrogen (secondary N) is 1.